The molecule has 0 bridgehead atoms. The number of alkyl halides is 4. The van der Waals surface area contributed by atoms with Crippen LogP contribution < -0.4 is 5.32 Å². The second kappa shape index (κ2) is 5.90. The van der Waals surface area contributed by atoms with E-state index in [-0.39, 0.29) is 5.69 Å². The summed E-state index contributed by atoms with van der Waals surface area (Å²) < 4.78 is 51.1. The maximum Gasteiger partial charge on any atom is 0.383 e. The van der Waals surface area contributed by atoms with Gasteiger partial charge in [0, 0.05) is 5.69 Å². The van der Waals surface area contributed by atoms with Gasteiger partial charge in [-0.25, -0.2) is 18.4 Å². The Morgan fingerprint density at radius 3 is 2.48 bits per heavy atom. The molecule has 9 heteroatoms. The zero-order valence-corrected chi connectivity index (χ0v) is 10.5. The number of amides is 1. The first kappa shape index (κ1) is 14.9. The number of nitrogens with zero attached hydrogens (tertiary/aromatic N) is 3. The van der Waals surface area contributed by atoms with E-state index < -0.39 is 18.3 Å². The zero-order valence-electron chi connectivity index (χ0n) is 10.5. The number of carbonyl (C=O) groups excluding carboxylic acids is 1. The van der Waals surface area contributed by atoms with Crippen LogP contribution in [0.3, 0.4) is 0 Å². The Hall–Kier alpha value is -2.45. The molecule has 1 N–H and O–H groups in total. The second-order valence-electron chi connectivity index (χ2n) is 4.17. The number of rotatable bonds is 5. The maximum absolute atomic E-state index is 12.8. The van der Waals surface area contributed by atoms with Gasteiger partial charge in [0.1, 0.15) is 12.7 Å². The molecule has 1 heterocycles. The maximum atomic E-state index is 12.8. The first-order valence-electron chi connectivity index (χ1n) is 5.78. The van der Waals surface area contributed by atoms with Crippen LogP contribution in [-0.4, -0.2) is 33.0 Å². The molecular weight excluding hydrogens is 292 g/mol. The minimum absolute atomic E-state index is 0.00247. The number of aromatic nitrogens is 3. The van der Waals surface area contributed by atoms with E-state index in [2.05, 4.69) is 10.1 Å². The van der Waals surface area contributed by atoms with Crippen molar-refractivity contribution < 1.29 is 22.4 Å². The highest BCUT2D eigenvalue weighted by molar-refractivity contribution is 5.96. The highest BCUT2D eigenvalue weighted by Gasteiger charge is 2.48. The van der Waals surface area contributed by atoms with Gasteiger partial charge in [0.05, 0.1) is 6.54 Å². The highest BCUT2D eigenvalue weighted by Crippen LogP contribution is 2.24. The van der Waals surface area contributed by atoms with Crippen molar-refractivity contribution in [2.75, 3.05) is 5.32 Å². The first-order valence-corrected chi connectivity index (χ1v) is 5.78. The summed E-state index contributed by atoms with van der Waals surface area (Å²) in [6.07, 6.45) is -1.19. The number of nitrogens with one attached hydrogen (secondary N) is 1. The monoisotopic (exact) mass is 302 g/mol. The minimum Gasteiger partial charge on any atom is -0.321 e. The Morgan fingerprint density at radius 1 is 1.29 bits per heavy atom. The van der Waals surface area contributed by atoms with Gasteiger partial charge in [-0.2, -0.15) is 13.9 Å². The number of benzene rings is 1. The third-order valence-electron chi connectivity index (χ3n) is 2.60. The smallest absolute Gasteiger partial charge is 0.321 e. The van der Waals surface area contributed by atoms with E-state index in [0.717, 1.165) is 5.56 Å². The number of hydrogen-bond donors (Lipinski definition) is 1. The summed E-state index contributed by atoms with van der Waals surface area (Å²) in [6.45, 7) is 0.404. The fourth-order valence-electron chi connectivity index (χ4n) is 1.51. The molecule has 1 amide bonds. The Labute approximate surface area is 116 Å². The molecule has 112 valence electrons. The number of anilines is 1. The van der Waals surface area contributed by atoms with Crippen LogP contribution in [0.1, 0.15) is 5.56 Å². The van der Waals surface area contributed by atoms with Crippen LogP contribution in [-0.2, 0) is 11.3 Å². The zero-order chi connectivity index (χ0) is 15.5. The standard InChI is InChI=1S/C12H10F4N4O/c13-10(14)12(15,16)11(21)19-9-3-1-8(2-4-9)5-20-7-17-6-18-20/h1-4,6-7,10H,5H2,(H,19,21). The average molecular weight is 302 g/mol. The predicted octanol–water partition coefficient (Wildman–Crippen LogP) is 2.17. The summed E-state index contributed by atoms with van der Waals surface area (Å²) in [5.41, 5.74) is 0.779. The van der Waals surface area contributed by atoms with Crippen molar-refractivity contribution in [3.8, 4) is 0 Å². The summed E-state index contributed by atoms with van der Waals surface area (Å²) in [5.74, 6) is -6.76. The van der Waals surface area contributed by atoms with E-state index in [1.807, 2.05) is 0 Å². The summed E-state index contributed by atoms with van der Waals surface area (Å²) >= 11 is 0. The van der Waals surface area contributed by atoms with Crippen LogP contribution >= 0.6 is 0 Å². The topological polar surface area (TPSA) is 59.8 Å². The Morgan fingerprint density at radius 2 is 1.95 bits per heavy atom. The largest absolute Gasteiger partial charge is 0.383 e. The van der Waals surface area contributed by atoms with Gasteiger partial charge < -0.3 is 5.32 Å². The molecule has 2 aromatic rings. The quantitative estimate of drug-likeness (QED) is 0.861. The van der Waals surface area contributed by atoms with Crippen molar-refractivity contribution >= 4 is 11.6 Å². The second-order valence-corrected chi connectivity index (χ2v) is 4.17. The normalized spacial score (nSPS) is 11.7. The van der Waals surface area contributed by atoms with Gasteiger partial charge in [-0.3, -0.25) is 4.79 Å². The molecule has 1 aromatic carbocycles. The van der Waals surface area contributed by atoms with Crippen LogP contribution in [0.25, 0.3) is 0 Å². The van der Waals surface area contributed by atoms with E-state index in [1.165, 1.54) is 24.8 Å². The van der Waals surface area contributed by atoms with Gasteiger partial charge >= 0.3 is 18.3 Å². The van der Waals surface area contributed by atoms with Crippen LogP contribution in [0.15, 0.2) is 36.9 Å². The van der Waals surface area contributed by atoms with Crippen molar-refractivity contribution in [2.24, 2.45) is 0 Å². The van der Waals surface area contributed by atoms with Crippen molar-refractivity contribution in [1.29, 1.82) is 0 Å². The van der Waals surface area contributed by atoms with Crippen molar-refractivity contribution in [3.05, 3.63) is 42.5 Å². The fourth-order valence-corrected chi connectivity index (χ4v) is 1.51. The van der Waals surface area contributed by atoms with Crippen molar-refractivity contribution in [1.82, 2.24) is 14.8 Å². The van der Waals surface area contributed by atoms with Gasteiger partial charge in [0.25, 0.3) is 0 Å². The summed E-state index contributed by atoms with van der Waals surface area (Å²) in [7, 11) is 0. The van der Waals surface area contributed by atoms with E-state index in [9.17, 15) is 22.4 Å². The molecule has 0 saturated carbocycles. The molecular formula is C12H10F4N4O. The Kier molecular flexibility index (Phi) is 4.20. The van der Waals surface area contributed by atoms with E-state index >= 15 is 0 Å². The van der Waals surface area contributed by atoms with Crippen LogP contribution in [0, 0.1) is 0 Å². The first-order chi connectivity index (χ1) is 9.89. The molecule has 2 rings (SSSR count). The molecule has 0 unspecified atom stereocenters. The lowest BCUT2D eigenvalue weighted by molar-refractivity contribution is -0.163. The Balaban J connectivity index is 2.01. The average Bonchev–Trinajstić information content (AvgIpc) is 2.93. The number of hydrogen-bond acceptors (Lipinski definition) is 3. The van der Waals surface area contributed by atoms with Gasteiger partial charge in [-0.05, 0) is 17.7 Å². The van der Waals surface area contributed by atoms with Crippen molar-refractivity contribution in [3.63, 3.8) is 0 Å². The lowest BCUT2D eigenvalue weighted by Crippen LogP contribution is -2.40. The van der Waals surface area contributed by atoms with E-state index in [1.54, 1.807) is 22.1 Å². The summed E-state index contributed by atoms with van der Waals surface area (Å²) in [6, 6.07) is 5.78. The molecule has 0 spiro atoms. The van der Waals surface area contributed by atoms with Gasteiger partial charge in [-0.1, -0.05) is 12.1 Å². The van der Waals surface area contributed by atoms with Crippen LogP contribution in [0.5, 0.6) is 0 Å². The third-order valence-corrected chi connectivity index (χ3v) is 2.60. The molecule has 0 saturated heterocycles. The molecule has 5 nitrogen and oxygen atoms in total. The number of halogens is 4. The number of carbonyl (C=O) groups is 1. The Bertz CT molecular complexity index is 598. The molecule has 0 aliphatic carbocycles. The minimum atomic E-state index is -4.72. The molecule has 0 atom stereocenters. The molecule has 0 aliphatic heterocycles. The van der Waals surface area contributed by atoms with Gasteiger partial charge in [0.2, 0.25) is 0 Å². The van der Waals surface area contributed by atoms with Crippen molar-refractivity contribution in [2.45, 2.75) is 18.9 Å². The lowest BCUT2D eigenvalue weighted by atomic mass is 10.2. The van der Waals surface area contributed by atoms with Gasteiger partial charge in [-0.15, -0.1) is 0 Å². The lowest BCUT2D eigenvalue weighted by Gasteiger charge is -2.14. The predicted molar refractivity (Wildman–Crippen MR) is 65.1 cm³/mol. The van der Waals surface area contributed by atoms with Crippen LogP contribution in [0.4, 0.5) is 23.2 Å². The molecule has 1 aromatic heterocycles. The molecule has 0 radical (unpaired) electrons. The summed E-state index contributed by atoms with van der Waals surface area (Å²) in [5, 5.41) is 5.63. The summed E-state index contributed by atoms with van der Waals surface area (Å²) in [4.78, 5) is 14.8. The molecule has 0 aliphatic rings. The molecule has 21 heavy (non-hydrogen) atoms. The molecule has 0 fully saturated rings. The SMILES string of the molecule is O=C(Nc1ccc(Cn2cncn2)cc1)C(F)(F)C(F)F. The van der Waals surface area contributed by atoms with Gasteiger partial charge in [0.15, 0.2) is 0 Å². The highest BCUT2D eigenvalue weighted by atomic mass is 19.3. The third kappa shape index (κ3) is 3.56. The van der Waals surface area contributed by atoms with Crippen LogP contribution in [0.2, 0.25) is 0 Å². The van der Waals surface area contributed by atoms with E-state index in [4.69, 9.17) is 0 Å². The van der Waals surface area contributed by atoms with E-state index in [0.29, 0.717) is 6.54 Å². The fraction of sp³-hybridized carbons (Fsp3) is 0.250.